The lowest BCUT2D eigenvalue weighted by Crippen LogP contribution is -2.46. The summed E-state index contributed by atoms with van der Waals surface area (Å²) in [6.45, 7) is 5.73. The van der Waals surface area contributed by atoms with Gasteiger partial charge in [-0.25, -0.2) is 4.79 Å². The van der Waals surface area contributed by atoms with Crippen LogP contribution >= 0.6 is 0 Å². The summed E-state index contributed by atoms with van der Waals surface area (Å²) in [4.78, 5) is 23.1. The molecule has 5 nitrogen and oxygen atoms in total. The van der Waals surface area contributed by atoms with Crippen LogP contribution in [0, 0.1) is 5.41 Å². The van der Waals surface area contributed by atoms with E-state index in [0.717, 1.165) is 0 Å². The Bertz CT molecular complexity index is 342. The molecule has 1 atom stereocenters. The number of hydrogen-bond acceptors (Lipinski definition) is 5. The molecule has 0 aliphatic rings. The van der Waals surface area contributed by atoms with Crippen molar-refractivity contribution in [1.29, 1.82) is 0 Å². The van der Waals surface area contributed by atoms with Crippen molar-refractivity contribution in [2.45, 2.75) is 52.6 Å². The number of carbonyl (C=O) groups is 2. The maximum absolute atomic E-state index is 13.9. The Hall–Kier alpha value is -1.24. The second kappa shape index (κ2) is 7.52. The van der Waals surface area contributed by atoms with Gasteiger partial charge >= 0.3 is 17.9 Å². The molecule has 0 bridgehead atoms. The third kappa shape index (κ3) is 4.70. The highest BCUT2D eigenvalue weighted by atomic mass is 19.3. The van der Waals surface area contributed by atoms with Crippen LogP contribution in [-0.4, -0.2) is 37.9 Å². The quantitative estimate of drug-likeness (QED) is 0.509. The first-order valence-corrected chi connectivity index (χ1v) is 6.38. The molecule has 0 fully saturated rings. The molecule has 7 heteroatoms. The summed E-state index contributed by atoms with van der Waals surface area (Å²) in [5.41, 5.74) is -0.889. The number of rotatable bonds is 8. The Morgan fingerprint density at radius 2 is 1.70 bits per heavy atom. The van der Waals surface area contributed by atoms with Crippen molar-refractivity contribution in [3.05, 3.63) is 0 Å². The van der Waals surface area contributed by atoms with Crippen LogP contribution in [0.5, 0.6) is 0 Å². The molecule has 0 radical (unpaired) electrons. The molecular weight excluding hydrogens is 274 g/mol. The van der Waals surface area contributed by atoms with Crippen LogP contribution in [0.15, 0.2) is 0 Å². The fourth-order valence-corrected chi connectivity index (χ4v) is 1.19. The summed E-state index contributed by atoms with van der Waals surface area (Å²) in [7, 11) is 1.20. The van der Waals surface area contributed by atoms with Crippen LogP contribution < -0.4 is 0 Å². The van der Waals surface area contributed by atoms with Crippen molar-refractivity contribution in [2.24, 2.45) is 5.41 Å². The number of halogens is 2. The van der Waals surface area contributed by atoms with Crippen LogP contribution in [0.2, 0.25) is 0 Å². The molecule has 0 aliphatic carbocycles. The average molecular weight is 296 g/mol. The van der Waals surface area contributed by atoms with E-state index in [1.54, 1.807) is 20.8 Å². The number of methoxy groups -OCH3 is 1. The summed E-state index contributed by atoms with van der Waals surface area (Å²) in [5.74, 6) is -6.45. The van der Waals surface area contributed by atoms with Gasteiger partial charge in [0, 0.05) is 7.11 Å². The first-order valence-electron chi connectivity index (χ1n) is 6.38. The van der Waals surface area contributed by atoms with Gasteiger partial charge in [0.1, 0.15) is 0 Å². The predicted molar refractivity (Wildman–Crippen MR) is 67.2 cm³/mol. The first-order chi connectivity index (χ1) is 9.13. The van der Waals surface area contributed by atoms with E-state index in [4.69, 9.17) is 4.74 Å². The Labute approximate surface area is 117 Å². The van der Waals surface area contributed by atoms with Crippen molar-refractivity contribution < 1.29 is 32.6 Å². The minimum atomic E-state index is -3.91. The van der Waals surface area contributed by atoms with E-state index in [1.165, 1.54) is 14.0 Å². The lowest BCUT2D eigenvalue weighted by Gasteiger charge is -2.28. The first kappa shape index (κ1) is 18.8. The van der Waals surface area contributed by atoms with Crippen LogP contribution in [0.25, 0.3) is 0 Å². The maximum Gasteiger partial charge on any atom is 0.383 e. The van der Waals surface area contributed by atoms with Crippen LogP contribution in [0.3, 0.4) is 0 Å². The van der Waals surface area contributed by atoms with Crippen molar-refractivity contribution in [1.82, 2.24) is 0 Å². The van der Waals surface area contributed by atoms with Crippen LogP contribution in [0.4, 0.5) is 8.78 Å². The predicted octanol–water partition coefficient (Wildman–Crippen LogP) is 2.53. The standard InChI is InChI=1S/C13H22F2O5/c1-6-9(20-10(16)12(3,4)7-2)13(14,15)11(17)19-8-18-5/h9H,6-8H2,1-5H3. The molecule has 0 spiro atoms. The SMILES string of the molecule is CCC(OC(=O)C(C)(C)CC)C(F)(F)C(=O)OCOC. The van der Waals surface area contributed by atoms with Crippen molar-refractivity contribution in [3.63, 3.8) is 0 Å². The summed E-state index contributed by atoms with van der Waals surface area (Å²) in [6.07, 6.45) is -1.63. The zero-order chi connectivity index (χ0) is 16.0. The summed E-state index contributed by atoms with van der Waals surface area (Å²) >= 11 is 0. The highest BCUT2D eigenvalue weighted by Crippen LogP contribution is 2.29. The smallest absolute Gasteiger partial charge is 0.383 e. The number of alkyl halides is 2. The molecule has 1 unspecified atom stereocenters. The third-order valence-electron chi connectivity index (χ3n) is 3.04. The topological polar surface area (TPSA) is 61.8 Å². The molecule has 0 rings (SSSR count). The molecule has 0 saturated heterocycles. The average Bonchev–Trinajstić information content (AvgIpc) is 2.40. The van der Waals surface area contributed by atoms with Gasteiger partial charge in [-0.05, 0) is 26.7 Å². The molecule has 20 heavy (non-hydrogen) atoms. The number of carbonyl (C=O) groups excluding carboxylic acids is 2. The van der Waals surface area contributed by atoms with E-state index in [-0.39, 0.29) is 6.42 Å². The molecule has 0 amide bonds. The van der Waals surface area contributed by atoms with E-state index in [2.05, 4.69) is 9.47 Å². The zero-order valence-corrected chi connectivity index (χ0v) is 12.5. The zero-order valence-electron chi connectivity index (χ0n) is 12.5. The number of ether oxygens (including phenoxy) is 3. The maximum atomic E-state index is 13.9. The van der Waals surface area contributed by atoms with E-state index >= 15 is 0 Å². The molecule has 0 aromatic heterocycles. The fraction of sp³-hybridized carbons (Fsp3) is 0.846. The molecular formula is C13H22F2O5. The van der Waals surface area contributed by atoms with Gasteiger partial charge in [-0.15, -0.1) is 0 Å². The highest BCUT2D eigenvalue weighted by molar-refractivity contribution is 5.80. The largest absolute Gasteiger partial charge is 0.455 e. The molecule has 0 aromatic rings. The second-order valence-corrected chi connectivity index (χ2v) is 5.00. The Balaban J connectivity index is 4.89. The van der Waals surface area contributed by atoms with Crippen molar-refractivity contribution >= 4 is 11.9 Å². The summed E-state index contributed by atoms with van der Waals surface area (Å²) in [5, 5.41) is 0. The number of hydrogen-bond donors (Lipinski definition) is 0. The third-order valence-corrected chi connectivity index (χ3v) is 3.04. The summed E-state index contributed by atoms with van der Waals surface area (Å²) < 4.78 is 41.1. The van der Waals surface area contributed by atoms with Crippen LogP contribution in [-0.2, 0) is 23.8 Å². The number of esters is 2. The molecule has 0 heterocycles. The van der Waals surface area contributed by atoms with Gasteiger partial charge in [-0.1, -0.05) is 13.8 Å². The Morgan fingerprint density at radius 3 is 2.10 bits per heavy atom. The molecule has 0 N–H and O–H groups in total. The van der Waals surface area contributed by atoms with E-state index in [9.17, 15) is 18.4 Å². The van der Waals surface area contributed by atoms with Crippen molar-refractivity contribution in [2.75, 3.05) is 13.9 Å². The lowest BCUT2D eigenvalue weighted by molar-refractivity contribution is -0.208. The lowest BCUT2D eigenvalue weighted by atomic mass is 9.90. The summed E-state index contributed by atoms with van der Waals surface area (Å²) in [6, 6.07) is 0. The fourth-order valence-electron chi connectivity index (χ4n) is 1.19. The minimum absolute atomic E-state index is 0.208. The van der Waals surface area contributed by atoms with E-state index < -0.39 is 36.2 Å². The van der Waals surface area contributed by atoms with Gasteiger partial charge in [0.05, 0.1) is 5.41 Å². The highest BCUT2D eigenvalue weighted by Gasteiger charge is 2.51. The van der Waals surface area contributed by atoms with Gasteiger partial charge in [-0.2, -0.15) is 8.78 Å². The second-order valence-electron chi connectivity index (χ2n) is 5.00. The van der Waals surface area contributed by atoms with E-state index in [0.29, 0.717) is 6.42 Å². The Morgan fingerprint density at radius 1 is 1.15 bits per heavy atom. The van der Waals surface area contributed by atoms with Gasteiger partial charge in [0.15, 0.2) is 12.9 Å². The van der Waals surface area contributed by atoms with Crippen molar-refractivity contribution in [3.8, 4) is 0 Å². The van der Waals surface area contributed by atoms with Gasteiger partial charge in [0.25, 0.3) is 0 Å². The molecule has 118 valence electrons. The monoisotopic (exact) mass is 296 g/mol. The molecule has 0 aromatic carbocycles. The Kier molecular flexibility index (Phi) is 7.05. The molecule has 0 aliphatic heterocycles. The van der Waals surface area contributed by atoms with E-state index in [1.807, 2.05) is 0 Å². The van der Waals surface area contributed by atoms with Crippen LogP contribution in [0.1, 0.15) is 40.5 Å². The van der Waals surface area contributed by atoms with Gasteiger partial charge in [-0.3, -0.25) is 4.79 Å². The minimum Gasteiger partial charge on any atom is -0.455 e. The normalized spacial score (nSPS) is 13.8. The molecule has 0 saturated carbocycles. The van der Waals surface area contributed by atoms with Gasteiger partial charge in [0.2, 0.25) is 0 Å². The van der Waals surface area contributed by atoms with Gasteiger partial charge < -0.3 is 14.2 Å².